The lowest BCUT2D eigenvalue weighted by molar-refractivity contribution is -0.153. The predicted molar refractivity (Wildman–Crippen MR) is 53.2 cm³/mol. The van der Waals surface area contributed by atoms with E-state index in [1.54, 1.807) is 0 Å². The second-order valence-electron chi connectivity index (χ2n) is 4.48. The number of alkyl halides is 1. The number of carbonyl (C=O) groups is 2. The van der Waals surface area contributed by atoms with Crippen molar-refractivity contribution in [2.24, 2.45) is 23.7 Å². The largest absolute Gasteiger partial charge is 0.469 e. The second-order valence-corrected chi connectivity index (χ2v) is 5.54. The number of halogens is 1. The Balaban J connectivity index is 1.98. The highest BCUT2D eigenvalue weighted by Gasteiger charge is 2.68. The van der Waals surface area contributed by atoms with E-state index in [9.17, 15) is 9.59 Å². The molecule has 2 aliphatic carbocycles. The minimum absolute atomic E-state index is 0.0200. The SMILES string of the molecule is COC(=O)[C@@H]1[C@@H]2C[C@H]3C(OC(=O)[C@@H]13)[C@H]2Br. The van der Waals surface area contributed by atoms with Gasteiger partial charge in [-0.3, -0.25) is 9.59 Å². The highest BCUT2D eigenvalue weighted by Crippen LogP contribution is 2.60. The fraction of sp³-hybridized carbons (Fsp3) is 0.800. The average Bonchev–Trinajstić information content (AvgIpc) is 2.80. The van der Waals surface area contributed by atoms with Gasteiger partial charge in [-0.15, -0.1) is 0 Å². The summed E-state index contributed by atoms with van der Waals surface area (Å²) in [6.07, 6.45) is 0.880. The molecule has 5 heteroatoms. The standard InChI is InChI=1S/C10H11BrO4/c1-14-9(12)5-3-2-4-6(5)10(13)15-8(4)7(3)11/h3-8H,2H2,1H3/t3-,4+,5+,6+,7-,8?/m0/s1. The normalized spacial score (nSPS) is 50.7. The molecule has 3 rings (SSSR count). The Labute approximate surface area is 95.4 Å². The molecule has 2 saturated carbocycles. The third kappa shape index (κ3) is 1.02. The summed E-state index contributed by atoms with van der Waals surface area (Å²) in [7, 11) is 1.37. The van der Waals surface area contributed by atoms with Gasteiger partial charge in [-0.2, -0.15) is 0 Å². The molecule has 6 atom stereocenters. The molecule has 0 aromatic rings. The summed E-state index contributed by atoms with van der Waals surface area (Å²) in [6.45, 7) is 0. The first-order valence-corrected chi connectivity index (χ1v) is 5.99. The molecule has 1 aliphatic heterocycles. The van der Waals surface area contributed by atoms with Crippen molar-refractivity contribution >= 4 is 27.9 Å². The number of methoxy groups -OCH3 is 1. The van der Waals surface area contributed by atoms with Crippen LogP contribution in [0, 0.1) is 23.7 Å². The Bertz CT molecular complexity index is 342. The van der Waals surface area contributed by atoms with E-state index in [0.717, 1.165) is 6.42 Å². The van der Waals surface area contributed by atoms with Gasteiger partial charge < -0.3 is 9.47 Å². The Kier molecular flexibility index (Phi) is 1.90. The Hall–Kier alpha value is -0.580. The lowest BCUT2D eigenvalue weighted by atomic mass is 9.80. The van der Waals surface area contributed by atoms with Crippen molar-refractivity contribution < 1.29 is 19.1 Å². The zero-order chi connectivity index (χ0) is 10.7. The summed E-state index contributed by atoms with van der Waals surface area (Å²) in [4.78, 5) is 23.4. The molecular formula is C10H11BrO4. The molecule has 0 radical (unpaired) electrons. The number of rotatable bonds is 1. The molecule has 3 aliphatic rings. The van der Waals surface area contributed by atoms with Gasteiger partial charge in [0.15, 0.2) is 0 Å². The van der Waals surface area contributed by atoms with Crippen molar-refractivity contribution in [2.45, 2.75) is 17.4 Å². The van der Waals surface area contributed by atoms with Crippen molar-refractivity contribution in [1.29, 1.82) is 0 Å². The van der Waals surface area contributed by atoms with Crippen LogP contribution in [-0.2, 0) is 19.1 Å². The van der Waals surface area contributed by atoms with Gasteiger partial charge in [-0.25, -0.2) is 0 Å². The van der Waals surface area contributed by atoms with Crippen LogP contribution < -0.4 is 0 Å². The lowest BCUT2D eigenvalue weighted by Crippen LogP contribution is -2.38. The first kappa shape index (κ1) is 9.63. The van der Waals surface area contributed by atoms with Gasteiger partial charge in [0, 0.05) is 5.92 Å². The van der Waals surface area contributed by atoms with E-state index in [4.69, 9.17) is 9.47 Å². The predicted octanol–water partition coefficient (Wildman–Crippen LogP) is 0.730. The summed E-state index contributed by atoms with van der Waals surface area (Å²) < 4.78 is 10.0. The number of hydrogen-bond donors (Lipinski definition) is 0. The zero-order valence-corrected chi connectivity index (χ0v) is 9.77. The molecular weight excluding hydrogens is 264 g/mol. The molecule has 15 heavy (non-hydrogen) atoms. The third-order valence-electron chi connectivity index (χ3n) is 4.00. The summed E-state index contributed by atoms with van der Waals surface area (Å²) in [5, 5.41) is 0. The molecule has 1 heterocycles. The van der Waals surface area contributed by atoms with Gasteiger partial charge >= 0.3 is 11.9 Å². The van der Waals surface area contributed by atoms with E-state index in [-0.39, 0.29) is 46.5 Å². The van der Waals surface area contributed by atoms with Gasteiger partial charge in [0.05, 0.1) is 23.8 Å². The smallest absolute Gasteiger partial charge is 0.310 e. The topological polar surface area (TPSA) is 52.6 Å². The summed E-state index contributed by atoms with van der Waals surface area (Å²) in [6, 6.07) is 0. The molecule has 2 bridgehead atoms. The van der Waals surface area contributed by atoms with Crippen molar-refractivity contribution in [1.82, 2.24) is 0 Å². The average molecular weight is 275 g/mol. The molecule has 0 aromatic carbocycles. The van der Waals surface area contributed by atoms with E-state index >= 15 is 0 Å². The minimum atomic E-state index is -0.296. The second kappa shape index (κ2) is 2.97. The van der Waals surface area contributed by atoms with Crippen molar-refractivity contribution in [2.75, 3.05) is 7.11 Å². The van der Waals surface area contributed by atoms with Crippen LogP contribution in [0.4, 0.5) is 0 Å². The molecule has 0 N–H and O–H groups in total. The lowest BCUT2D eigenvalue weighted by Gasteiger charge is -2.26. The van der Waals surface area contributed by atoms with Crippen molar-refractivity contribution in [3.63, 3.8) is 0 Å². The Morgan fingerprint density at radius 3 is 2.93 bits per heavy atom. The molecule has 0 spiro atoms. The minimum Gasteiger partial charge on any atom is -0.469 e. The molecule has 0 aromatic heterocycles. The fourth-order valence-electron chi connectivity index (χ4n) is 3.43. The number of ether oxygens (including phenoxy) is 2. The van der Waals surface area contributed by atoms with Crippen LogP contribution in [0.5, 0.6) is 0 Å². The van der Waals surface area contributed by atoms with Crippen LogP contribution >= 0.6 is 15.9 Å². The molecule has 0 amide bonds. The first-order valence-electron chi connectivity index (χ1n) is 5.07. The number of hydrogen-bond acceptors (Lipinski definition) is 4. The maximum absolute atomic E-state index is 11.6. The highest BCUT2D eigenvalue weighted by molar-refractivity contribution is 9.09. The first-order chi connectivity index (χ1) is 7.15. The molecule has 4 nitrogen and oxygen atoms in total. The van der Waals surface area contributed by atoms with E-state index in [2.05, 4.69) is 15.9 Å². The number of esters is 2. The van der Waals surface area contributed by atoms with E-state index in [1.807, 2.05) is 0 Å². The van der Waals surface area contributed by atoms with Gasteiger partial charge in [0.2, 0.25) is 0 Å². The summed E-state index contributed by atoms with van der Waals surface area (Å²) in [5.41, 5.74) is 0. The van der Waals surface area contributed by atoms with Crippen molar-refractivity contribution in [3.8, 4) is 0 Å². The fourth-order valence-corrected chi connectivity index (χ4v) is 4.48. The molecule has 1 unspecified atom stereocenters. The van der Waals surface area contributed by atoms with Crippen LogP contribution in [0.15, 0.2) is 0 Å². The summed E-state index contributed by atoms with van der Waals surface area (Å²) in [5.74, 6) is -0.615. The van der Waals surface area contributed by atoms with Crippen LogP contribution in [0.2, 0.25) is 0 Å². The zero-order valence-electron chi connectivity index (χ0n) is 8.18. The van der Waals surface area contributed by atoms with E-state index in [0.29, 0.717) is 0 Å². The van der Waals surface area contributed by atoms with Crippen LogP contribution in [0.3, 0.4) is 0 Å². The van der Waals surface area contributed by atoms with Gasteiger partial charge in [-0.05, 0) is 12.3 Å². The number of carbonyl (C=O) groups excluding carboxylic acids is 2. The quantitative estimate of drug-likeness (QED) is 0.523. The van der Waals surface area contributed by atoms with Crippen molar-refractivity contribution in [3.05, 3.63) is 0 Å². The van der Waals surface area contributed by atoms with Gasteiger partial charge in [0.1, 0.15) is 6.10 Å². The molecule has 82 valence electrons. The van der Waals surface area contributed by atoms with Crippen LogP contribution in [0.1, 0.15) is 6.42 Å². The Morgan fingerprint density at radius 1 is 1.53 bits per heavy atom. The maximum atomic E-state index is 11.6. The van der Waals surface area contributed by atoms with Gasteiger partial charge in [-0.1, -0.05) is 15.9 Å². The van der Waals surface area contributed by atoms with Crippen LogP contribution in [-0.4, -0.2) is 30.0 Å². The van der Waals surface area contributed by atoms with E-state index in [1.165, 1.54) is 7.11 Å². The Morgan fingerprint density at radius 2 is 2.27 bits per heavy atom. The maximum Gasteiger partial charge on any atom is 0.310 e. The summed E-state index contributed by atoms with van der Waals surface area (Å²) >= 11 is 3.53. The van der Waals surface area contributed by atoms with E-state index < -0.39 is 0 Å². The number of fused-ring (bicyclic) bond motifs is 1. The van der Waals surface area contributed by atoms with Crippen LogP contribution in [0.25, 0.3) is 0 Å². The van der Waals surface area contributed by atoms with Gasteiger partial charge in [0.25, 0.3) is 0 Å². The highest BCUT2D eigenvalue weighted by atomic mass is 79.9. The molecule has 1 saturated heterocycles. The third-order valence-corrected chi connectivity index (χ3v) is 5.20. The molecule has 3 fully saturated rings. The monoisotopic (exact) mass is 274 g/mol.